The van der Waals surface area contributed by atoms with Crippen molar-refractivity contribution in [3.63, 3.8) is 0 Å². The third-order valence-electron chi connectivity index (χ3n) is 5.20. The normalized spacial score (nSPS) is 11.5. The molecule has 5 nitrogen and oxygen atoms in total. The average Bonchev–Trinajstić information content (AvgIpc) is 2.79. The monoisotopic (exact) mass is 439 g/mol. The summed E-state index contributed by atoms with van der Waals surface area (Å²) in [6.45, 7) is 6.09. The van der Waals surface area contributed by atoms with Crippen molar-refractivity contribution in [2.45, 2.75) is 45.1 Å². The molecule has 0 saturated carbocycles. The quantitative estimate of drug-likeness (QED) is 0.464. The van der Waals surface area contributed by atoms with E-state index in [1.54, 1.807) is 31.2 Å². The van der Waals surface area contributed by atoms with Gasteiger partial charge in [-0.05, 0) is 37.1 Å². The zero-order chi connectivity index (χ0) is 22.4. The maximum Gasteiger partial charge on any atom is 0.219 e. The van der Waals surface area contributed by atoms with E-state index in [0.29, 0.717) is 22.9 Å². The lowest BCUT2D eigenvalue weighted by atomic mass is 9.97. The van der Waals surface area contributed by atoms with Crippen LogP contribution < -0.4 is 4.74 Å². The number of hydrogen-bond donors (Lipinski definition) is 1. The molecule has 0 saturated heterocycles. The number of benzene rings is 2. The second-order valence-corrected chi connectivity index (χ2v) is 9.78. The van der Waals surface area contributed by atoms with Gasteiger partial charge in [0.05, 0.1) is 29.6 Å². The minimum atomic E-state index is -3.27. The van der Waals surface area contributed by atoms with Crippen LogP contribution in [0.15, 0.2) is 59.5 Å². The smallest absolute Gasteiger partial charge is 0.219 e. The predicted molar refractivity (Wildman–Crippen MR) is 124 cm³/mol. The molecule has 6 heteroatoms. The van der Waals surface area contributed by atoms with Gasteiger partial charge in [0.15, 0.2) is 9.84 Å². The van der Waals surface area contributed by atoms with Crippen LogP contribution >= 0.6 is 0 Å². The second kappa shape index (κ2) is 10.1. The molecule has 0 aliphatic rings. The Labute approximate surface area is 184 Å². The zero-order valence-electron chi connectivity index (χ0n) is 18.3. The molecule has 0 fully saturated rings. The topological polar surface area (TPSA) is 76.5 Å². The van der Waals surface area contributed by atoms with Gasteiger partial charge >= 0.3 is 0 Å². The number of aliphatic hydroxyl groups is 1. The predicted octanol–water partition coefficient (Wildman–Crippen LogP) is 5.19. The van der Waals surface area contributed by atoms with Crippen molar-refractivity contribution in [1.82, 2.24) is 4.98 Å². The number of aryl methyl sites for hydroxylation is 1. The van der Waals surface area contributed by atoms with Crippen molar-refractivity contribution in [2.24, 2.45) is 0 Å². The highest BCUT2D eigenvalue weighted by atomic mass is 32.2. The number of hydrogen-bond acceptors (Lipinski definition) is 5. The Kier molecular flexibility index (Phi) is 7.46. The summed E-state index contributed by atoms with van der Waals surface area (Å²) >= 11 is 0. The molecule has 31 heavy (non-hydrogen) atoms. The van der Waals surface area contributed by atoms with Crippen molar-refractivity contribution in [1.29, 1.82) is 0 Å². The van der Waals surface area contributed by atoms with Crippen molar-refractivity contribution in [3.8, 4) is 28.3 Å². The first-order valence-electron chi connectivity index (χ1n) is 10.6. The lowest BCUT2D eigenvalue weighted by Crippen LogP contribution is -2.05. The number of aliphatic hydroxyl groups excluding tert-OH is 1. The van der Waals surface area contributed by atoms with Crippen LogP contribution in [0.5, 0.6) is 5.88 Å². The summed E-state index contributed by atoms with van der Waals surface area (Å²) in [4.78, 5) is 5.08. The Balaban J connectivity index is 2.14. The SMILES string of the molecule is CCCCOc1nc(-c2ccc(C)cc2)c(-c2ccc(S(=O)(=O)CC)cc2)cc1CO. The van der Waals surface area contributed by atoms with Crippen LogP contribution in [0.2, 0.25) is 0 Å². The molecule has 3 aromatic rings. The molecule has 0 amide bonds. The lowest BCUT2D eigenvalue weighted by molar-refractivity contribution is 0.255. The molecule has 1 N–H and O–H groups in total. The van der Waals surface area contributed by atoms with E-state index in [9.17, 15) is 13.5 Å². The third kappa shape index (κ3) is 5.32. The van der Waals surface area contributed by atoms with Crippen molar-refractivity contribution >= 4 is 9.84 Å². The van der Waals surface area contributed by atoms with Crippen LogP contribution in [-0.2, 0) is 16.4 Å². The first kappa shape index (κ1) is 23.0. The second-order valence-electron chi connectivity index (χ2n) is 7.50. The number of unbranched alkanes of at least 4 members (excludes halogenated alkanes) is 1. The summed E-state index contributed by atoms with van der Waals surface area (Å²) in [7, 11) is -3.27. The summed E-state index contributed by atoms with van der Waals surface area (Å²) < 4.78 is 30.2. The van der Waals surface area contributed by atoms with Gasteiger partial charge in [0.25, 0.3) is 0 Å². The third-order valence-corrected chi connectivity index (χ3v) is 6.95. The van der Waals surface area contributed by atoms with E-state index in [2.05, 4.69) is 6.92 Å². The Bertz CT molecular complexity index is 1120. The van der Waals surface area contributed by atoms with Gasteiger partial charge in [0.1, 0.15) is 0 Å². The number of ether oxygens (including phenoxy) is 1. The Morgan fingerprint density at radius 2 is 1.61 bits per heavy atom. The van der Waals surface area contributed by atoms with Gasteiger partial charge in [-0.25, -0.2) is 13.4 Å². The molecule has 164 valence electrons. The molecule has 1 aromatic heterocycles. The molecular weight excluding hydrogens is 410 g/mol. The highest BCUT2D eigenvalue weighted by Crippen LogP contribution is 2.35. The molecular formula is C25H29NO4S. The molecule has 0 unspecified atom stereocenters. The van der Waals surface area contributed by atoms with E-state index >= 15 is 0 Å². The van der Waals surface area contributed by atoms with Crippen LogP contribution in [0.1, 0.15) is 37.8 Å². The molecule has 0 aliphatic heterocycles. The van der Waals surface area contributed by atoms with Crippen molar-refractivity contribution in [3.05, 3.63) is 65.7 Å². The molecule has 0 spiro atoms. The number of rotatable bonds is 9. The number of nitrogens with zero attached hydrogens (tertiary/aromatic N) is 1. The first-order chi connectivity index (χ1) is 14.9. The molecule has 0 radical (unpaired) electrons. The maximum atomic E-state index is 12.2. The number of aromatic nitrogens is 1. The number of sulfone groups is 1. The summed E-state index contributed by atoms with van der Waals surface area (Å²) in [5, 5.41) is 9.93. The van der Waals surface area contributed by atoms with Crippen LogP contribution in [-0.4, -0.2) is 30.9 Å². The van der Waals surface area contributed by atoms with Crippen LogP contribution in [0, 0.1) is 6.92 Å². The molecule has 2 aromatic carbocycles. The van der Waals surface area contributed by atoms with E-state index in [-0.39, 0.29) is 12.4 Å². The summed E-state index contributed by atoms with van der Waals surface area (Å²) in [6, 6.07) is 16.8. The minimum absolute atomic E-state index is 0.0565. The van der Waals surface area contributed by atoms with E-state index in [1.807, 2.05) is 37.3 Å². The fourth-order valence-corrected chi connectivity index (χ4v) is 4.13. The van der Waals surface area contributed by atoms with Gasteiger partial charge in [-0.15, -0.1) is 0 Å². The lowest BCUT2D eigenvalue weighted by Gasteiger charge is -2.16. The standard InChI is InChI=1S/C25H29NO4S/c1-4-6-15-30-25-21(17-27)16-23(24(26-25)20-9-7-18(3)8-10-20)19-11-13-22(14-12-19)31(28,29)5-2/h7-14,16,27H,4-6,15,17H2,1-3H3. The highest BCUT2D eigenvalue weighted by molar-refractivity contribution is 7.91. The molecule has 0 atom stereocenters. The van der Waals surface area contributed by atoms with Gasteiger partial charge in [-0.2, -0.15) is 0 Å². The van der Waals surface area contributed by atoms with Gasteiger partial charge < -0.3 is 9.84 Å². The van der Waals surface area contributed by atoms with E-state index in [0.717, 1.165) is 40.8 Å². The molecule has 0 bridgehead atoms. The zero-order valence-corrected chi connectivity index (χ0v) is 19.1. The minimum Gasteiger partial charge on any atom is -0.477 e. The Morgan fingerprint density at radius 1 is 0.968 bits per heavy atom. The molecule has 0 aliphatic carbocycles. The Hall–Kier alpha value is -2.70. The van der Waals surface area contributed by atoms with Gasteiger partial charge in [-0.1, -0.05) is 62.2 Å². The van der Waals surface area contributed by atoms with E-state index in [1.165, 1.54) is 0 Å². The largest absolute Gasteiger partial charge is 0.477 e. The van der Waals surface area contributed by atoms with Crippen LogP contribution in [0.25, 0.3) is 22.4 Å². The van der Waals surface area contributed by atoms with E-state index in [4.69, 9.17) is 9.72 Å². The summed E-state index contributed by atoms with van der Waals surface area (Å²) in [5.41, 5.74) is 5.05. The summed E-state index contributed by atoms with van der Waals surface area (Å²) in [6.07, 6.45) is 1.91. The fourth-order valence-electron chi connectivity index (χ4n) is 3.25. The molecule has 3 rings (SSSR count). The number of pyridine rings is 1. The van der Waals surface area contributed by atoms with Gasteiger partial charge in [0.2, 0.25) is 5.88 Å². The fraction of sp³-hybridized carbons (Fsp3) is 0.320. The first-order valence-corrected chi connectivity index (χ1v) is 12.2. The highest BCUT2D eigenvalue weighted by Gasteiger charge is 2.17. The van der Waals surface area contributed by atoms with E-state index < -0.39 is 9.84 Å². The van der Waals surface area contributed by atoms with Crippen molar-refractivity contribution in [2.75, 3.05) is 12.4 Å². The average molecular weight is 440 g/mol. The Morgan fingerprint density at radius 3 is 2.19 bits per heavy atom. The van der Waals surface area contributed by atoms with Gasteiger partial charge in [0, 0.05) is 16.7 Å². The summed E-state index contributed by atoms with van der Waals surface area (Å²) in [5.74, 6) is 0.488. The van der Waals surface area contributed by atoms with Crippen LogP contribution in [0.4, 0.5) is 0 Å². The van der Waals surface area contributed by atoms with Gasteiger partial charge in [-0.3, -0.25) is 0 Å². The maximum absolute atomic E-state index is 12.2. The molecule has 1 heterocycles. The van der Waals surface area contributed by atoms with Crippen molar-refractivity contribution < 1.29 is 18.3 Å². The van der Waals surface area contributed by atoms with Crippen LogP contribution in [0.3, 0.4) is 0 Å².